The predicted octanol–water partition coefficient (Wildman–Crippen LogP) is 2.99. The topological polar surface area (TPSA) is 59.5 Å². The minimum Gasteiger partial charge on any atom is -0.367 e. The Hall–Kier alpha value is -2.27. The molecule has 25 heavy (non-hydrogen) atoms. The van der Waals surface area contributed by atoms with Crippen LogP contribution in [0, 0.1) is 18.8 Å². The van der Waals surface area contributed by atoms with E-state index in [1.807, 2.05) is 51.1 Å². The van der Waals surface area contributed by atoms with Crippen molar-refractivity contribution in [1.29, 1.82) is 0 Å². The molecule has 5 heteroatoms. The van der Waals surface area contributed by atoms with Crippen LogP contribution in [-0.2, 0) is 14.3 Å². The van der Waals surface area contributed by atoms with Crippen LogP contribution in [0.25, 0.3) is 10.9 Å². The third-order valence-corrected chi connectivity index (χ3v) is 6.28. The fourth-order valence-electron chi connectivity index (χ4n) is 5.08. The lowest BCUT2D eigenvalue weighted by Gasteiger charge is -2.27. The van der Waals surface area contributed by atoms with Gasteiger partial charge in [0.25, 0.3) is 0 Å². The zero-order valence-corrected chi connectivity index (χ0v) is 14.6. The molecule has 2 amide bonds. The minimum atomic E-state index is -0.517. The SMILES string of the molecule is Cc1ccc2cc(N3C(=O)[C@@H]4[C@H](C3=O)[C@@]3(C)CCC4(C)O3)ccc2n1. The van der Waals surface area contributed by atoms with Crippen molar-refractivity contribution in [3.05, 3.63) is 36.0 Å². The van der Waals surface area contributed by atoms with E-state index in [9.17, 15) is 9.59 Å². The molecular weight excluding hydrogens is 316 g/mol. The molecule has 3 saturated heterocycles. The Balaban J connectivity index is 1.61. The van der Waals surface area contributed by atoms with Gasteiger partial charge in [0.1, 0.15) is 0 Å². The van der Waals surface area contributed by atoms with Crippen molar-refractivity contribution in [2.45, 2.75) is 44.8 Å². The van der Waals surface area contributed by atoms with E-state index in [1.54, 1.807) is 0 Å². The van der Waals surface area contributed by atoms with Gasteiger partial charge in [-0.05, 0) is 57.9 Å². The van der Waals surface area contributed by atoms with E-state index in [2.05, 4.69) is 4.98 Å². The summed E-state index contributed by atoms with van der Waals surface area (Å²) < 4.78 is 6.14. The van der Waals surface area contributed by atoms with Crippen molar-refractivity contribution >= 4 is 28.4 Å². The summed E-state index contributed by atoms with van der Waals surface area (Å²) in [5.74, 6) is -0.989. The third-order valence-electron chi connectivity index (χ3n) is 6.28. The number of hydrogen-bond donors (Lipinski definition) is 0. The number of benzene rings is 1. The molecule has 2 bridgehead atoms. The number of carbonyl (C=O) groups excluding carboxylic acids is 2. The van der Waals surface area contributed by atoms with Gasteiger partial charge in [-0.15, -0.1) is 0 Å². The Kier molecular flexibility index (Phi) is 2.68. The fourth-order valence-corrected chi connectivity index (χ4v) is 5.08. The van der Waals surface area contributed by atoms with Crippen LogP contribution in [-0.4, -0.2) is 28.0 Å². The first-order valence-electron chi connectivity index (χ1n) is 8.78. The Morgan fingerprint density at radius 1 is 1.04 bits per heavy atom. The largest absolute Gasteiger partial charge is 0.367 e. The fraction of sp³-hybridized carbons (Fsp3) is 0.450. The third kappa shape index (κ3) is 1.79. The van der Waals surface area contributed by atoms with Crippen LogP contribution in [0.3, 0.4) is 0 Å². The molecule has 1 aromatic carbocycles. The lowest BCUT2D eigenvalue weighted by molar-refractivity contribution is -0.129. The predicted molar refractivity (Wildman–Crippen MR) is 93.1 cm³/mol. The first kappa shape index (κ1) is 15.0. The maximum Gasteiger partial charge on any atom is 0.240 e. The van der Waals surface area contributed by atoms with Crippen molar-refractivity contribution < 1.29 is 14.3 Å². The van der Waals surface area contributed by atoms with E-state index < -0.39 is 11.2 Å². The maximum atomic E-state index is 13.1. The first-order chi connectivity index (χ1) is 11.8. The number of pyridine rings is 1. The summed E-state index contributed by atoms with van der Waals surface area (Å²) >= 11 is 0. The molecule has 3 aliphatic rings. The van der Waals surface area contributed by atoms with E-state index in [-0.39, 0.29) is 23.7 Å². The highest BCUT2D eigenvalue weighted by Gasteiger charge is 2.72. The summed E-state index contributed by atoms with van der Waals surface area (Å²) in [6.45, 7) is 5.90. The van der Waals surface area contributed by atoms with Crippen LogP contribution in [0.1, 0.15) is 32.4 Å². The van der Waals surface area contributed by atoms with E-state index in [4.69, 9.17) is 4.74 Å². The highest BCUT2D eigenvalue weighted by atomic mass is 16.5. The highest BCUT2D eigenvalue weighted by molar-refractivity contribution is 6.23. The number of aryl methyl sites for hydroxylation is 1. The lowest BCUT2D eigenvalue weighted by atomic mass is 9.69. The Morgan fingerprint density at radius 2 is 1.68 bits per heavy atom. The second-order valence-corrected chi connectivity index (χ2v) is 8.02. The average Bonchev–Trinajstić information content (AvgIpc) is 3.11. The molecule has 0 radical (unpaired) electrons. The quantitative estimate of drug-likeness (QED) is 0.751. The van der Waals surface area contributed by atoms with Crippen LogP contribution in [0.15, 0.2) is 30.3 Å². The number of anilines is 1. The molecule has 0 saturated carbocycles. The van der Waals surface area contributed by atoms with Gasteiger partial charge in [-0.2, -0.15) is 0 Å². The van der Waals surface area contributed by atoms with Crippen molar-refractivity contribution in [2.75, 3.05) is 4.90 Å². The van der Waals surface area contributed by atoms with E-state index >= 15 is 0 Å². The first-order valence-corrected chi connectivity index (χ1v) is 8.78. The lowest BCUT2D eigenvalue weighted by Crippen LogP contribution is -2.40. The second-order valence-electron chi connectivity index (χ2n) is 8.02. The molecular formula is C20H20N2O3. The standard InChI is InChI=1S/C20H20N2O3/c1-11-4-5-12-10-13(6-7-14(12)21-11)22-17(23)15-16(18(22)24)20(3)9-8-19(15,2)25-20/h4-7,10,15-16H,8-9H2,1-3H3/t15-,16+,19-,20?/m1/s1. The van der Waals surface area contributed by atoms with Crippen molar-refractivity contribution in [1.82, 2.24) is 4.98 Å². The Morgan fingerprint density at radius 3 is 2.32 bits per heavy atom. The molecule has 3 aliphatic heterocycles. The molecule has 0 aliphatic carbocycles. The maximum absolute atomic E-state index is 13.1. The average molecular weight is 336 g/mol. The van der Waals surface area contributed by atoms with Gasteiger partial charge < -0.3 is 4.74 Å². The number of imide groups is 1. The molecule has 128 valence electrons. The van der Waals surface area contributed by atoms with Gasteiger partial charge in [0.15, 0.2) is 0 Å². The van der Waals surface area contributed by atoms with Gasteiger partial charge in [-0.25, -0.2) is 4.90 Å². The number of fused-ring (bicyclic) bond motifs is 6. The van der Waals surface area contributed by atoms with Crippen molar-refractivity contribution in [3.63, 3.8) is 0 Å². The molecule has 5 rings (SSSR count). The zero-order chi connectivity index (χ0) is 17.6. The van der Waals surface area contributed by atoms with E-state index in [0.29, 0.717) is 5.69 Å². The molecule has 2 aromatic rings. The summed E-state index contributed by atoms with van der Waals surface area (Å²) in [5.41, 5.74) is 1.41. The molecule has 1 unspecified atom stereocenters. The Bertz CT molecular complexity index is 921. The summed E-state index contributed by atoms with van der Waals surface area (Å²) in [6.07, 6.45) is 1.66. The summed E-state index contributed by atoms with van der Waals surface area (Å²) in [5, 5.41) is 0.928. The summed E-state index contributed by atoms with van der Waals surface area (Å²) in [6, 6.07) is 9.49. The van der Waals surface area contributed by atoms with Gasteiger partial charge in [-0.3, -0.25) is 14.6 Å². The molecule has 1 aromatic heterocycles. The minimum absolute atomic E-state index is 0.125. The van der Waals surface area contributed by atoms with Crippen LogP contribution in [0.5, 0.6) is 0 Å². The number of amides is 2. The number of hydrogen-bond acceptors (Lipinski definition) is 4. The molecule has 4 atom stereocenters. The number of ether oxygens (including phenoxy) is 1. The Labute approximate surface area is 146 Å². The second kappa shape index (κ2) is 4.47. The number of nitrogens with zero attached hydrogens (tertiary/aromatic N) is 2. The summed E-state index contributed by atoms with van der Waals surface area (Å²) in [7, 11) is 0. The monoisotopic (exact) mass is 336 g/mol. The van der Waals surface area contributed by atoms with Crippen LogP contribution in [0.2, 0.25) is 0 Å². The number of rotatable bonds is 1. The number of aromatic nitrogens is 1. The molecule has 0 N–H and O–H groups in total. The smallest absolute Gasteiger partial charge is 0.240 e. The van der Waals surface area contributed by atoms with E-state index in [0.717, 1.165) is 29.4 Å². The van der Waals surface area contributed by atoms with Crippen molar-refractivity contribution in [3.8, 4) is 0 Å². The van der Waals surface area contributed by atoms with Crippen LogP contribution < -0.4 is 4.90 Å². The van der Waals surface area contributed by atoms with Crippen molar-refractivity contribution in [2.24, 2.45) is 11.8 Å². The molecule has 4 heterocycles. The van der Waals surface area contributed by atoms with Gasteiger partial charge in [-0.1, -0.05) is 6.07 Å². The normalized spacial score (nSPS) is 36.5. The summed E-state index contributed by atoms with van der Waals surface area (Å²) in [4.78, 5) is 32.1. The molecule has 5 nitrogen and oxygen atoms in total. The zero-order valence-electron chi connectivity index (χ0n) is 14.6. The van der Waals surface area contributed by atoms with Gasteiger partial charge >= 0.3 is 0 Å². The number of carbonyl (C=O) groups is 2. The van der Waals surface area contributed by atoms with Gasteiger partial charge in [0.2, 0.25) is 11.8 Å². The highest BCUT2D eigenvalue weighted by Crippen LogP contribution is 2.60. The van der Waals surface area contributed by atoms with Gasteiger partial charge in [0, 0.05) is 11.1 Å². The van der Waals surface area contributed by atoms with Gasteiger partial charge in [0.05, 0.1) is 34.2 Å². The van der Waals surface area contributed by atoms with E-state index in [1.165, 1.54) is 4.90 Å². The van der Waals surface area contributed by atoms with Crippen LogP contribution >= 0.6 is 0 Å². The molecule has 3 fully saturated rings. The molecule has 0 spiro atoms. The van der Waals surface area contributed by atoms with Crippen LogP contribution in [0.4, 0.5) is 5.69 Å².